The van der Waals surface area contributed by atoms with Crippen LogP contribution in [0.3, 0.4) is 0 Å². The molecule has 3 nitrogen and oxygen atoms in total. The number of carboxylic acid groups (broad SMARTS) is 1. The number of hydrogen-bond donors (Lipinski definition) is 2. The molecule has 0 amide bonds. The lowest BCUT2D eigenvalue weighted by molar-refractivity contribution is 0.0698. The molecule has 94 valence electrons. The van der Waals surface area contributed by atoms with Gasteiger partial charge in [-0.1, -0.05) is 36.2 Å². The van der Waals surface area contributed by atoms with Crippen LogP contribution in [0.2, 0.25) is 0 Å². The number of benzene rings is 1. The molecule has 1 aromatic carbocycles. The number of aromatic carboxylic acids is 1. The first-order valence-corrected chi connectivity index (χ1v) is 6.67. The Morgan fingerprint density at radius 3 is 2.71 bits per heavy atom. The first-order chi connectivity index (χ1) is 8.08. The lowest BCUT2D eigenvalue weighted by Crippen LogP contribution is -2.19. The highest BCUT2D eigenvalue weighted by Gasteiger charge is 2.13. The van der Waals surface area contributed by atoms with Gasteiger partial charge in [-0.2, -0.15) is 0 Å². The average molecular weight is 300 g/mol. The van der Waals surface area contributed by atoms with Gasteiger partial charge in [0.1, 0.15) is 0 Å². The number of nitrogens with one attached hydrogen (secondary N) is 1. The summed E-state index contributed by atoms with van der Waals surface area (Å²) in [4.78, 5) is 11.1. The van der Waals surface area contributed by atoms with Gasteiger partial charge in [-0.05, 0) is 31.0 Å². The van der Waals surface area contributed by atoms with E-state index in [0.717, 1.165) is 23.7 Å². The first-order valence-electron chi connectivity index (χ1n) is 5.87. The third-order valence-corrected chi connectivity index (χ3v) is 3.19. The maximum Gasteiger partial charge on any atom is 0.337 e. The Bertz CT molecular complexity index is 393. The Balaban J connectivity index is 2.94. The van der Waals surface area contributed by atoms with Gasteiger partial charge in [-0.15, -0.1) is 0 Å². The van der Waals surface area contributed by atoms with Crippen molar-refractivity contribution in [3.8, 4) is 0 Å². The fourth-order valence-corrected chi connectivity index (χ4v) is 2.13. The highest BCUT2D eigenvalue weighted by Crippen LogP contribution is 2.23. The molecule has 0 heterocycles. The minimum Gasteiger partial charge on any atom is -0.478 e. The van der Waals surface area contributed by atoms with Crippen LogP contribution < -0.4 is 5.32 Å². The molecule has 0 saturated heterocycles. The van der Waals surface area contributed by atoms with E-state index in [0.29, 0.717) is 17.3 Å². The van der Waals surface area contributed by atoms with E-state index < -0.39 is 5.97 Å². The molecule has 1 rings (SSSR count). The molecular weight excluding hydrogens is 282 g/mol. The van der Waals surface area contributed by atoms with Crippen LogP contribution in [-0.4, -0.2) is 17.1 Å². The van der Waals surface area contributed by atoms with E-state index in [2.05, 4.69) is 35.1 Å². The largest absolute Gasteiger partial charge is 0.478 e. The Hall–Kier alpha value is -1.03. The van der Waals surface area contributed by atoms with Gasteiger partial charge in [0.05, 0.1) is 11.3 Å². The summed E-state index contributed by atoms with van der Waals surface area (Å²) in [6.07, 6.45) is 3.11. The summed E-state index contributed by atoms with van der Waals surface area (Å²) >= 11 is 3.36. The maximum absolute atomic E-state index is 11.1. The van der Waals surface area contributed by atoms with Gasteiger partial charge in [0.2, 0.25) is 0 Å². The van der Waals surface area contributed by atoms with Crippen molar-refractivity contribution in [3.63, 3.8) is 0 Å². The van der Waals surface area contributed by atoms with Crippen molar-refractivity contribution < 1.29 is 9.90 Å². The number of carbonyl (C=O) groups is 1. The van der Waals surface area contributed by atoms with Gasteiger partial charge in [0.15, 0.2) is 0 Å². The fraction of sp³-hybridized carbons (Fsp3) is 0.462. The topological polar surface area (TPSA) is 49.3 Å². The number of halogens is 1. The minimum absolute atomic E-state index is 0.322. The van der Waals surface area contributed by atoms with E-state index >= 15 is 0 Å². The van der Waals surface area contributed by atoms with Crippen LogP contribution in [0.4, 0.5) is 5.69 Å². The minimum atomic E-state index is -0.897. The molecule has 0 spiro atoms. The summed E-state index contributed by atoms with van der Waals surface area (Å²) in [5.41, 5.74) is 1.01. The monoisotopic (exact) mass is 299 g/mol. The molecule has 0 aliphatic carbocycles. The summed E-state index contributed by atoms with van der Waals surface area (Å²) < 4.78 is 0.886. The maximum atomic E-state index is 11.1. The number of anilines is 1. The summed E-state index contributed by atoms with van der Waals surface area (Å²) in [5, 5.41) is 12.4. The average Bonchev–Trinajstić information content (AvgIpc) is 2.28. The fourth-order valence-electron chi connectivity index (χ4n) is 1.77. The zero-order chi connectivity index (χ0) is 12.8. The van der Waals surface area contributed by atoms with E-state index in [4.69, 9.17) is 5.11 Å². The molecular formula is C13H18BrNO2. The molecule has 2 N–H and O–H groups in total. The smallest absolute Gasteiger partial charge is 0.337 e. The number of carboxylic acids is 1. The van der Waals surface area contributed by atoms with Crippen molar-refractivity contribution in [1.82, 2.24) is 0 Å². The highest BCUT2D eigenvalue weighted by molar-refractivity contribution is 9.10. The van der Waals surface area contributed by atoms with E-state index in [1.54, 1.807) is 12.1 Å². The van der Waals surface area contributed by atoms with Crippen molar-refractivity contribution in [2.45, 2.75) is 39.2 Å². The molecule has 1 atom stereocenters. The zero-order valence-electron chi connectivity index (χ0n) is 10.2. The van der Waals surface area contributed by atoms with Gasteiger partial charge in [0, 0.05) is 10.5 Å². The summed E-state index contributed by atoms with van der Waals surface area (Å²) in [7, 11) is 0. The third kappa shape index (κ3) is 4.04. The molecule has 0 aromatic heterocycles. The third-order valence-electron chi connectivity index (χ3n) is 2.70. The van der Waals surface area contributed by atoms with E-state index in [1.165, 1.54) is 0 Å². The van der Waals surface area contributed by atoms with Crippen molar-refractivity contribution >= 4 is 27.6 Å². The Morgan fingerprint density at radius 2 is 2.18 bits per heavy atom. The second kappa shape index (κ2) is 6.64. The molecule has 1 unspecified atom stereocenters. The van der Waals surface area contributed by atoms with Crippen LogP contribution in [0.25, 0.3) is 0 Å². The Labute approximate surface area is 110 Å². The molecule has 0 saturated carbocycles. The second-order valence-corrected chi connectivity index (χ2v) is 4.95. The summed E-state index contributed by atoms with van der Waals surface area (Å²) in [6, 6.07) is 5.51. The molecule has 0 radical (unpaired) electrons. The van der Waals surface area contributed by atoms with Gasteiger partial charge in [-0.3, -0.25) is 0 Å². The first kappa shape index (κ1) is 14.0. The van der Waals surface area contributed by atoms with E-state index in [1.807, 2.05) is 6.07 Å². The molecule has 0 aliphatic rings. The van der Waals surface area contributed by atoms with E-state index in [9.17, 15) is 4.79 Å². The van der Waals surface area contributed by atoms with Gasteiger partial charge >= 0.3 is 5.97 Å². The zero-order valence-corrected chi connectivity index (χ0v) is 11.8. The van der Waals surface area contributed by atoms with Crippen LogP contribution in [0.5, 0.6) is 0 Å². The lowest BCUT2D eigenvalue weighted by Gasteiger charge is -2.19. The van der Waals surface area contributed by atoms with Crippen LogP contribution in [0.1, 0.15) is 43.5 Å². The SMILES string of the molecule is CCCC(CC)Nc1cc(Br)ccc1C(=O)O. The predicted octanol–water partition coefficient (Wildman–Crippen LogP) is 4.14. The molecule has 17 heavy (non-hydrogen) atoms. The lowest BCUT2D eigenvalue weighted by atomic mass is 10.1. The molecule has 0 aliphatic heterocycles. The quantitative estimate of drug-likeness (QED) is 0.830. The van der Waals surface area contributed by atoms with E-state index in [-0.39, 0.29) is 0 Å². The summed E-state index contributed by atoms with van der Waals surface area (Å²) in [5.74, 6) is -0.897. The highest BCUT2D eigenvalue weighted by atomic mass is 79.9. The standard InChI is InChI=1S/C13H18BrNO2/c1-3-5-10(4-2)15-12-8-9(14)6-7-11(12)13(16)17/h6-8,10,15H,3-5H2,1-2H3,(H,16,17). The molecule has 4 heteroatoms. The van der Waals surface area contributed by atoms with Gasteiger partial charge in [0.25, 0.3) is 0 Å². The van der Waals surface area contributed by atoms with Crippen LogP contribution in [-0.2, 0) is 0 Å². The molecule has 0 fully saturated rings. The van der Waals surface area contributed by atoms with Crippen molar-refractivity contribution in [1.29, 1.82) is 0 Å². The predicted molar refractivity (Wildman–Crippen MR) is 73.7 cm³/mol. The number of rotatable bonds is 6. The summed E-state index contributed by atoms with van der Waals surface area (Å²) in [6.45, 7) is 4.23. The van der Waals surface area contributed by atoms with Crippen LogP contribution >= 0.6 is 15.9 Å². The Kier molecular flexibility index (Phi) is 5.48. The van der Waals surface area contributed by atoms with Crippen LogP contribution in [0.15, 0.2) is 22.7 Å². The van der Waals surface area contributed by atoms with Crippen molar-refractivity contribution in [2.75, 3.05) is 5.32 Å². The molecule has 0 bridgehead atoms. The van der Waals surface area contributed by atoms with Gasteiger partial charge in [-0.25, -0.2) is 4.79 Å². The Morgan fingerprint density at radius 1 is 1.47 bits per heavy atom. The van der Waals surface area contributed by atoms with Crippen molar-refractivity contribution in [3.05, 3.63) is 28.2 Å². The van der Waals surface area contributed by atoms with Crippen molar-refractivity contribution in [2.24, 2.45) is 0 Å². The second-order valence-electron chi connectivity index (χ2n) is 4.03. The van der Waals surface area contributed by atoms with Gasteiger partial charge < -0.3 is 10.4 Å². The molecule has 1 aromatic rings. The van der Waals surface area contributed by atoms with Crippen LogP contribution in [0, 0.1) is 0 Å². The number of hydrogen-bond acceptors (Lipinski definition) is 2. The normalized spacial score (nSPS) is 12.2.